The molecule has 2 aliphatic rings. The van der Waals surface area contributed by atoms with E-state index in [1.165, 1.54) is 58.0 Å². The lowest BCUT2D eigenvalue weighted by Crippen LogP contribution is -2.49. The van der Waals surface area contributed by atoms with Crippen LogP contribution in [-0.2, 0) is 0 Å². The minimum atomic E-state index is 0.434. The SMILES string of the molecule is CNC(CN1CCCC1(C)C)C1CCCCC1. The van der Waals surface area contributed by atoms with Crippen LogP contribution in [0.25, 0.3) is 0 Å². The van der Waals surface area contributed by atoms with E-state index in [0.717, 1.165) is 5.92 Å². The van der Waals surface area contributed by atoms with E-state index >= 15 is 0 Å². The Morgan fingerprint density at radius 1 is 1.18 bits per heavy atom. The first-order valence-electron chi connectivity index (χ1n) is 7.56. The van der Waals surface area contributed by atoms with Gasteiger partial charge in [-0.3, -0.25) is 4.90 Å². The molecule has 0 bridgehead atoms. The molecule has 0 aromatic carbocycles. The molecule has 1 aliphatic heterocycles. The molecule has 0 aromatic rings. The highest BCUT2D eigenvalue weighted by molar-refractivity contribution is 4.91. The lowest BCUT2D eigenvalue weighted by Gasteiger charge is -2.38. The van der Waals surface area contributed by atoms with Crippen molar-refractivity contribution in [3.8, 4) is 0 Å². The van der Waals surface area contributed by atoms with Gasteiger partial charge in [0.2, 0.25) is 0 Å². The molecule has 2 fully saturated rings. The van der Waals surface area contributed by atoms with Gasteiger partial charge < -0.3 is 5.32 Å². The standard InChI is InChI=1S/C15H30N2/c1-15(2)10-7-11-17(15)12-14(16-3)13-8-5-4-6-9-13/h13-14,16H,4-12H2,1-3H3. The summed E-state index contributed by atoms with van der Waals surface area (Å²) in [4.78, 5) is 2.71. The molecule has 1 atom stereocenters. The van der Waals surface area contributed by atoms with E-state index in [9.17, 15) is 0 Å². The lowest BCUT2D eigenvalue weighted by atomic mass is 9.83. The van der Waals surface area contributed by atoms with Crippen molar-refractivity contribution in [1.29, 1.82) is 0 Å². The van der Waals surface area contributed by atoms with Gasteiger partial charge in [0.25, 0.3) is 0 Å². The predicted molar refractivity (Wildman–Crippen MR) is 74.3 cm³/mol. The van der Waals surface area contributed by atoms with Crippen molar-refractivity contribution < 1.29 is 0 Å². The molecule has 2 nitrogen and oxygen atoms in total. The van der Waals surface area contributed by atoms with E-state index in [0.29, 0.717) is 11.6 Å². The Labute approximate surface area is 107 Å². The van der Waals surface area contributed by atoms with E-state index in [1.54, 1.807) is 0 Å². The van der Waals surface area contributed by atoms with Gasteiger partial charge in [0.05, 0.1) is 0 Å². The molecular formula is C15H30N2. The normalized spacial score (nSPS) is 28.4. The van der Waals surface area contributed by atoms with Crippen LogP contribution >= 0.6 is 0 Å². The van der Waals surface area contributed by atoms with Gasteiger partial charge in [0.1, 0.15) is 0 Å². The van der Waals surface area contributed by atoms with E-state index in [4.69, 9.17) is 0 Å². The van der Waals surface area contributed by atoms with E-state index in [2.05, 4.69) is 31.1 Å². The van der Waals surface area contributed by atoms with Crippen LogP contribution in [0.15, 0.2) is 0 Å². The topological polar surface area (TPSA) is 15.3 Å². The monoisotopic (exact) mass is 238 g/mol. The maximum absolute atomic E-state index is 3.59. The Bertz CT molecular complexity index is 231. The van der Waals surface area contributed by atoms with Crippen molar-refractivity contribution in [2.24, 2.45) is 5.92 Å². The summed E-state index contributed by atoms with van der Waals surface area (Å²) in [6.45, 7) is 7.38. The summed E-state index contributed by atoms with van der Waals surface area (Å²) in [6, 6.07) is 0.715. The molecule has 17 heavy (non-hydrogen) atoms. The Morgan fingerprint density at radius 2 is 1.88 bits per heavy atom. The van der Waals surface area contributed by atoms with Crippen LogP contribution < -0.4 is 5.32 Å². The molecule has 1 heterocycles. The quantitative estimate of drug-likeness (QED) is 0.810. The average Bonchev–Trinajstić information content (AvgIpc) is 2.66. The van der Waals surface area contributed by atoms with Gasteiger partial charge in [-0.05, 0) is 59.0 Å². The van der Waals surface area contributed by atoms with Gasteiger partial charge in [-0.2, -0.15) is 0 Å². The van der Waals surface area contributed by atoms with Crippen LogP contribution in [0.4, 0.5) is 0 Å². The van der Waals surface area contributed by atoms with Crippen LogP contribution in [0.2, 0.25) is 0 Å². The summed E-state index contributed by atoms with van der Waals surface area (Å²) >= 11 is 0. The highest BCUT2D eigenvalue weighted by atomic mass is 15.2. The Hall–Kier alpha value is -0.0800. The van der Waals surface area contributed by atoms with Crippen molar-refractivity contribution in [3.05, 3.63) is 0 Å². The van der Waals surface area contributed by atoms with Gasteiger partial charge in [-0.1, -0.05) is 19.3 Å². The molecule has 1 saturated carbocycles. The molecule has 100 valence electrons. The largest absolute Gasteiger partial charge is 0.315 e. The molecule has 2 heteroatoms. The van der Waals surface area contributed by atoms with E-state index in [-0.39, 0.29) is 0 Å². The second-order valence-corrected chi connectivity index (χ2v) is 6.66. The third kappa shape index (κ3) is 3.23. The molecule has 0 spiro atoms. The molecular weight excluding hydrogens is 208 g/mol. The first kappa shape index (κ1) is 13.4. The predicted octanol–water partition coefficient (Wildman–Crippen LogP) is 3.03. The number of nitrogens with zero attached hydrogens (tertiary/aromatic N) is 1. The third-order valence-corrected chi connectivity index (χ3v) is 5.08. The lowest BCUT2D eigenvalue weighted by molar-refractivity contribution is 0.131. The first-order chi connectivity index (χ1) is 8.13. The fourth-order valence-corrected chi connectivity index (χ4v) is 3.75. The molecule has 1 aliphatic carbocycles. The number of rotatable bonds is 4. The van der Waals surface area contributed by atoms with Crippen molar-refractivity contribution in [3.63, 3.8) is 0 Å². The minimum absolute atomic E-state index is 0.434. The highest BCUT2D eigenvalue weighted by Gasteiger charge is 2.34. The molecule has 2 rings (SSSR count). The van der Waals surface area contributed by atoms with Crippen molar-refractivity contribution >= 4 is 0 Å². The highest BCUT2D eigenvalue weighted by Crippen LogP contribution is 2.31. The average molecular weight is 238 g/mol. The fraction of sp³-hybridized carbons (Fsp3) is 1.00. The zero-order chi connectivity index (χ0) is 12.3. The van der Waals surface area contributed by atoms with Gasteiger partial charge in [0, 0.05) is 18.1 Å². The van der Waals surface area contributed by atoms with E-state index in [1.807, 2.05) is 0 Å². The van der Waals surface area contributed by atoms with Gasteiger partial charge in [-0.15, -0.1) is 0 Å². The smallest absolute Gasteiger partial charge is 0.0220 e. The second kappa shape index (κ2) is 5.71. The zero-order valence-corrected chi connectivity index (χ0v) is 12.0. The van der Waals surface area contributed by atoms with Crippen LogP contribution in [-0.4, -0.2) is 36.6 Å². The van der Waals surface area contributed by atoms with Crippen LogP contribution in [0.5, 0.6) is 0 Å². The van der Waals surface area contributed by atoms with Crippen molar-refractivity contribution in [2.45, 2.75) is 70.4 Å². The number of hydrogen-bond acceptors (Lipinski definition) is 2. The summed E-state index contributed by atoms with van der Waals surface area (Å²) in [6.07, 6.45) is 10.0. The number of likely N-dealkylation sites (tertiary alicyclic amines) is 1. The summed E-state index contributed by atoms with van der Waals surface area (Å²) in [5.74, 6) is 0.921. The van der Waals surface area contributed by atoms with Crippen LogP contribution in [0, 0.1) is 5.92 Å². The van der Waals surface area contributed by atoms with E-state index < -0.39 is 0 Å². The minimum Gasteiger partial charge on any atom is -0.315 e. The second-order valence-electron chi connectivity index (χ2n) is 6.66. The fourth-order valence-electron chi connectivity index (χ4n) is 3.75. The third-order valence-electron chi connectivity index (χ3n) is 5.08. The molecule has 1 unspecified atom stereocenters. The van der Waals surface area contributed by atoms with Gasteiger partial charge in [0.15, 0.2) is 0 Å². The first-order valence-corrected chi connectivity index (χ1v) is 7.56. The Balaban J connectivity index is 1.90. The number of likely N-dealkylation sites (N-methyl/N-ethyl adjacent to an activating group) is 1. The molecule has 0 aromatic heterocycles. The molecule has 1 N–H and O–H groups in total. The Kier molecular flexibility index (Phi) is 4.48. The number of nitrogens with one attached hydrogen (secondary N) is 1. The maximum atomic E-state index is 3.59. The maximum Gasteiger partial charge on any atom is 0.0220 e. The van der Waals surface area contributed by atoms with Gasteiger partial charge >= 0.3 is 0 Å². The summed E-state index contributed by atoms with van der Waals surface area (Å²) in [7, 11) is 2.16. The van der Waals surface area contributed by atoms with Crippen molar-refractivity contribution in [2.75, 3.05) is 20.1 Å². The van der Waals surface area contributed by atoms with Crippen LogP contribution in [0.1, 0.15) is 58.8 Å². The summed E-state index contributed by atoms with van der Waals surface area (Å²) in [5, 5.41) is 3.59. The molecule has 0 radical (unpaired) electrons. The number of hydrogen-bond donors (Lipinski definition) is 1. The van der Waals surface area contributed by atoms with Crippen molar-refractivity contribution in [1.82, 2.24) is 10.2 Å². The summed E-state index contributed by atoms with van der Waals surface area (Å²) < 4.78 is 0. The van der Waals surface area contributed by atoms with Crippen LogP contribution in [0.3, 0.4) is 0 Å². The zero-order valence-electron chi connectivity index (χ0n) is 12.0. The summed E-state index contributed by atoms with van der Waals surface area (Å²) in [5.41, 5.74) is 0.434. The Morgan fingerprint density at radius 3 is 2.41 bits per heavy atom. The molecule has 0 amide bonds. The van der Waals surface area contributed by atoms with Gasteiger partial charge in [-0.25, -0.2) is 0 Å². The molecule has 1 saturated heterocycles.